The van der Waals surface area contributed by atoms with Crippen LogP contribution in [0.1, 0.15) is 62.4 Å². The summed E-state index contributed by atoms with van der Waals surface area (Å²) in [5.74, 6) is 0.00608. The number of rotatable bonds is 5. The molecule has 130 valence electrons. The van der Waals surface area contributed by atoms with E-state index in [1.54, 1.807) is 6.92 Å². The van der Waals surface area contributed by atoms with Gasteiger partial charge in [0.2, 0.25) is 0 Å². The smallest absolute Gasteiger partial charge is 0.114 e. The van der Waals surface area contributed by atoms with E-state index >= 15 is 0 Å². The maximum absolute atomic E-state index is 14.8. The minimum atomic E-state index is -1.18. The number of alkyl halides is 1. The lowest BCUT2D eigenvalue weighted by molar-refractivity contribution is 0.124. The van der Waals surface area contributed by atoms with Gasteiger partial charge in [0.1, 0.15) is 5.67 Å². The average molecular weight is 326 g/mol. The highest BCUT2D eigenvalue weighted by atomic mass is 19.1. The van der Waals surface area contributed by atoms with E-state index in [1.165, 1.54) is 22.3 Å². The second-order valence-corrected chi connectivity index (χ2v) is 8.31. The molecule has 1 atom stereocenters. The Balaban J connectivity index is 2.42. The third kappa shape index (κ3) is 4.06. The largest absolute Gasteiger partial charge is 0.244 e. The predicted molar refractivity (Wildman–Crippen MR) is 103 cm³/mol. The molecule has 0 radical (unpaired) electrons. The summed E-state index contributed by atoms with van der Waals surface area (Å²) >= 11 is 0. The molecule has 0 N–H and O–H groups in total. The van der Waals surface area contributed by atoms with Crippen molar-refractivity contribution >= 4 is 0 Å². The first-order valence-electron chi connectivity index (χ1n) is 8.89. The van der Waals surface area contributed by atoms with Gasteiger partial charge in [0.25, 0.3) is 0 Å². The first kappa shape index (κ1) is 18.7. The van der Waals surface area contributed by atoms with Gasteiger partial charge in [-0.1, -0.05) is 81.3 Å². The molecule has 24 heavy (non-hydrogen) atoms. The molecule has 0 spiro atoms. The lowest BCUT2D eigenvalue weighted by Gasteiger charge is -2.29. The van der Waals surface area contributed by atoms with Crippen LogP contribution < -0.4 is 0 Å². The number of benzene rings is 2. The number of hydrogen-bond acceptors (Lipinski definition) is 0. The van der Waals surface area contributed by atoms with Crippen LogP contribution >= 0.6 is 0 Å². The zero-order valence-electron chi connectivity index (χ0n) is 16.2. The second kappa shape index (κ2) is 6.70. The molecular weight excluding hydrogens is 295 g/mol. The van der Waals surface area contributed by atoms with E-state index < -0.39 is 5.67 Å². The number of aryl methyl sites for hydroxylation is 2. The van der Waals surface area contributed by atoms with Gasteiger partial charge in [-0.3, -0.25) is 0 Å². The molecule has 2 rings (SSSR count). The highest BCUT2D eigenvalue weighted by molar-refractivity contribution is 5.42. The summed E-state index contributed by atoms with van der Waals surface area (Å²) in [6, 6.07) is 15.3. The summed E-state index contributed by atoms with van der Waals surface area (Å²) in [5.41, 5.74) is 4.81. The summed E-state index contributed by atoms with van der Waals surface area (Å²) in [7, 11) is 0. The molecule has 0 amide bonds. The first-order chi connectivity index (χ1) is 11.0. The van der Waals surface area contributed by atoms with E-state index in [-0.39, 0.29) is 11.3 Å². The summed E-state index contributed by atoms with van der Waals surface area (Å²) in [6.45, 7) is 14.3. The van der Waals surface area contributed by atoms with Crippen molar-refractivity contribution in [1.29, 1.82) is 0 Å². The van der Waals surface area contributed by atoms with E-state index in [0.29, 0.717) is 6.42 Å². The molecule has 0 saturated carbocycles. The van der Waals surface area contributed by atoms with Gasteiger partial charge in [-0.2, -0.15) is 0 Å². The molecule has 0 bridgehead atoms. The van der Waals surface area contributed by atoms with E-state index in [9.17, 15) is 4.39 Å². The van der Waals surface area contributed by atoms with Gasteiger partial charge in [0, 0.05) is 11.8 Å². The third-order valence-electron chi connectivity index (χ3n) is 5.39. The lowest BCUT2D eigenvalue weighted by atomic mass is 9.76. The summed E-state index contributed by atoms with van der Waals surface area (Å²) in [5, 5.41) is 0. The molecule has 2 aromatic carbocycles. The molecular formula is C23H31F. The Bertz CT molecular complexity index is 690. The SMILES string of the molecule is Cc1ccc(C(C)(C)c2cc(C)cc(CC(C)(F)C(C)C)c2)cc1. The zero-order chi connectivity index (χ0) is 18.1. The van der Waals surface area contributed by atoms with Crippen LogP contribution in [0.15, 0.2) is 42.5 Å². The normalized spacial score (nSPS) is 14.7. The van der Waals surface area contributed by atoms with Crippen molar-refractivity contribution in [1.82, 2.24) is 0 Å². The van der Waals surface area contributed by atoms with Crippen LogP contribution in [-0.2, 0) is 11.8 Å². The zero-order valence-corrected chi connectivity index (χ0v) is 16.2. The third-order valence-corrected chi connectivity index (χ3v) is 5.39. The van der Waals surface area contributed by atoms with Gasteiger partial charge in [0.05, 0.1) is 0 Å². The monoisotopic (exact) mass is 326 g/mol. The van der Waals surface area contributed by atoms with Gasteiger partial charge >= 0.3 is 0 Å². The van der Waals surface area contributed by atoms with Crippen molar-refractivity contribution < 1.29 is 4.39 Å². The van der Waals surface area contributed by atoms with Crippen LogP contribution in [0.2, 0.25) is 0 Å². The molecule has 0 saturated heterocycles. The molecule has 0 aliphatic heterocycles. The fourth-order valence-corrected chi connectivity index (χ4v) is 3.07. The Morgan fingerprint density at radius 1 is 0.833 bits per heavy atom. The predicted octanol–water partition coefficient (Wildman–Crippen LogP) is 6.56. The van der Waals surface area contributed by atoms with E-state index in [1.807, 2.05) is 13.8 Å². The highest BCUT2D eigenvalue weighted by Crippen LogP contribution is 2.34. The second-order valence-electron chi connectivity index (χ2n) is 8.31. The van der Waals surface area contributed by atoms with Crippen LogP contribution in [0.5, 0.6) is 0 Å². The Kier molecular flexibility index (Phi) is 5.22. The van der Waals surface area contributed by atoms with E-state index in [2.05, 4.69) is 70.2 Å². The van der Waals surface area contributed by atoms with Crippen LogP contribution in [0.3, 0.4) is 0 Å². The molecule has 1 heteroatoms. The van der Waals surface area contributed by atoms with Crippen molar-refractivity contribution in [3.63, 3.8) is 0 Å². The molecule has 0 aromatic heterocycles. The van der Waals surface area contributed by atoms with Gasteiger partial charge < -0.3 is 0 Å². The minimum absolute atomic E-state index is 0.00608. The minimum Gasteiger partial charge on any atom is -0.244 e. The van der Waals surface area contributed by atoms with E-state index in [4.69, 9.17) is 0 Å². The first-order valence-corrected chi connectivity index (χ1v) is 8.89. The Labute approximate surface area is 147 Å². The van der Waals surface area contributed by atoms with Crippen molar-refractivity contribution in [2.45, 2.75) is 66.0 Å². The molecule has 0 heterocycles. The Morgan fingerprint density at radius 3 is 1.96 bits per heavy atom. The molecule has 0 fully saturated rings. The van der Waals surface area contributed by atoms with Gasteiger partial charge in [-0.05, 0) is 43.4 Å². The number of hydrogen-bond donors (Lipinski definition) is 0. The average Bonchev–Trinajstić information content (AvgIpc) is 2.46. The maximum Gasteiger partial charge on any atom is 0.114 e. The van der Waals surface area contributed by atoms with Crippen molar-refractivity contribution in [2.75, 3.05) is 0 Å². The van der Waals surface area contributed by atoms with Gasteiger partial charge in [-0.15, -0.1) is 0 Å². The quantitative estimate of drug-likeness (QED) is 0.584. The van der Waals surface area contributed by atoms with Gasteiger partial charge in [-0.25, -0.2) is 4.39 Å². The molecule has 0 nitrogen and oxygen atoms in total. The summed E-state index contributed by atoms with van der Waals surface area (Å²) < 4.78 is 14.8. The lowest BCUT2D eigenvalue weighted by Crippen LogP contribution is -2.28. The van der Waals surface area contributed by atoms with Crippen LogP contribution in [-0.4, -0.2) is 5.67 Å². The van der Waals surface area contributed by atoms with E-state index in [0.717, 1.165) is 5.56 Å². The highest BCUT2D eigenvalue weighted by Gasteiger charge is 2.29. The molecule has 1 unspecified atom stereocenters. The fourth-order valence-electron chi connectivity index (χ4n) is 3.07. The van der Waals surface area contributed by atoms with Crippen molar-refractivity contribution in [3.05, 3.63) is 70.3 Å². The fraction of sp³-hybridized carbons (Fsp3) is 0.478. The molecule has 0 aliphatic carbocycles. The molecule has 0 aliphatic rings. The topological polar surface area (TPSA) is 0 Å². The summed E-state index contributed by atoms with van der Waals surface area (Å²) in [4.78, 5) is 0. The maximum atomic E-state index is 14.8. The van der Waals surface area contributed by atoms with Crippen LogP contribution in [0, 0.1) is 19.8 Å². The Morgan fingerprint density at radius 2 is 1.42 bits per heavy atom. The molecule has 2 aromatic rings. The van der Waals surface area contributed by atoms with Crippen molar-refractivity contribution in [2.24, 2.45) is 5.92 Å². The van der Waals surface area contributed by atoms with Gasteiger partial charge in [0.15, 0.2) is 0 Å². The Hall–Kier alpha value is -1.63. The number of halogens is 1. The van der Waals surface area contributed by atoms with Crippen molar-refractivity contribution in [3.8, 4) is 0 Å². The summed E-state index contributed by atoms with van der Waals surface area (Å²) in [6.07, 6.45) is 0.462. The van der Waals surface area contributed by atoms with Crippen LogP contribution in [0.4, 0.5) is 4.39 Å². The van der Waals surface area contributed by atoms with Crippen LogP contribution in [0.25, 0.3) is 0 Å². The standard InChI is InChI=1S/C23H31F/c1-16(2)23(7,24)15-19-12-18(4)13-21(14-19)22(5,6)20-10-8-17(3)9-11-20/h8-14,16H,15H2,1-7H3.